The van der Waals surface area contributed by atoms with Gasteiger partial charge in [0.05, 0.1) is 6.54 Å². The fourth-order valence-corrected chi connectivity index (χ4v) is 2.27. The molecule has 0 aliphatic carbocycles. The lowest BCUT2D eigenvalue weighted by atomic mass is 10.3. The van der Waals surface area contributed by atoms with E-state index < -0.39 is 0 Å². The summed E-state index contributed by atoms with van der Waals surface area (Å²) in [5.41, 5.74) is 0.0358. The first kappa shape index (κ1) is 18.0. The number of rotatable bonds is 7. The van der Waals surface area contributed by atoms with Gasteiger partial charge >= 0.3 is 0 Å². The van der Waals surface area contributed by atoms with Gasteiger partial charge in [-0.2, -0.15) is 5.10 Å². The van der Waals surface area contributed by atoms with Crippen molar-refractivity contribution in [3.05, 3.63) is 57.5 Å². The van der Waals surface area contributed by atoms with Gasteiger partial charge in [0.15, 0.2) is 0 Å². The summed E-state index contributed by atoms with van der Waals surface area (Å²) >= 11 is 5.89. The first-order valence-electron chi connectivity index (χ1n) is 7.73. The van der Waals surface area contributed by atoms with Crippen LogP contribution in [0.4, 0.5) is 0 Å². The molecule has 1 aromatic carbocycles. The fraction of sp³-hybridized carbons (Fsp3) is 0.353. The molecule has 0 fully saturated rings. The summed E-state index contributed by atoms with van der Waals surface area (Å²) in [6.07, 6.45) is 0.772. The van der Waals surface area contributed by atoms with Crippen LogP contribution in [0.15, 0.2) is 41.2 Å². The number of aromatic nitrogens is 2. The average Bonchev–Trinajstić information content (AvgIpc) is 2.56. The van der Waals surface area contributed by atoms with Gasteiger partial charge in [0, 0.05) is 24.7 Å². The highest BCUT2D eigenvalue weighted by atomic mass is 35.5. The summed E-state index contributed by atoms with van der Waals surface area (Å²) in [5, 5.41) is 4.71. The maximum absolute atomic E-state index is 12.4. The van der Waals surface area contributed by atoms with Crippen LogP contribution in [0.3, 0.4) is 0 Å². The van der Waals surface area contributed by atoms with Crippen molar-refractivity contribution in [3.63, 3.8) is 0 Å². The van der Waals surface area contributed by atoms with E-state index in [4.69, 9.17) is 16.3 Å². The SMILES string of the molecule is CCCn1nc(C(=O)N(C)CCOc2cccc(Cl)c2)ccc1=O. The molecule has 0 atom stereocenters. The Kier molecular flexibility index (Phi) is 6.37. The molecule has 1 aromatic heterocycles. The maximum Gasteiger partial charge on any atom is 0.274 e. The molecule has 0 bridgehead atoms. The third-order valence-electron chi connectivity index (χ3n) is 3.36. The van der Waals surface area contributed by atoms with Gasteiger partial charge in [0.1, 0.15) is 18.1 Å². The molecule has 6 nitrogen and oxygen atoms in total. The standard InChI is InChI=1S/C17H20ClN3O3/c1-3-9-21-16(22)8-7-15(19-21)17(23)20(2)10-11-24-14-6-4-5-13(18)12-14/h4-8,12H,3,9-11H2,1-2H3. The molecule has 2 aromatic rings. The summed E-state index contributed by atoms with van der Waals surface area (Å²) in [6, 6.07) is 9.90. The highest BCUT2D eigenvalue weighted by Crippen LogP contribution is 2.16. The Hall–Kier alpha value is -2.34. The van der Waals surface area contributed by atoms with E-state index >= 15 is 0 Å². The van der Waals surface area contributed by atoms with Crippen molar-refractivity contribution in [1.82, 2.24) is 14.7 Å². The largest absolute Gasteiger partial charge is 0.492 e. The second-order valence-corrected chi connectivity index (χ2v) is 5.75. The van der Waals surface area contributed by atoms with Crippen LogP contribution in [0, 0.1) is 0 Å². The molecule has 0 spiro atoms. The highest BCUT2D eigenvalue weighted by molar-refractivity contribution is 6.30. The number of aryl methyl sites for hydroxylation is 1. The van der Waals surface area contributed by atoms with Crippen molar-refractivity contribution in [1.29, 1.82) is 0 Å². The molecule has 2 rings (SSSR count). The van der Waals surface area contributed by atoms with Crippen LogP contribution in [0.5, 0.6) is 5.75 Å². The lowest BCUT2D eigenvalue weighted by Crippen LogP contribution is -2.33. The molecule has 0 N–H and O–H groups in total. The summed E-state index contributed by atoms with van der Waals surface area (Å²) in [7, 11) is 1.67. The minimum absolute atomic E-state index is 0.208. The van der Waals surface area contributed by atoms with Gasteiger partial charge in [0.25, 0.3) is 11.5 Å². The van der Waals surface area contributed by atoms with Crippen LogP contribution in [-0.2, 0) is 6.54 Å². The number of carbonyl (C=O) groups excluding carboxylic acids is 1. The quantitative estimate of drug-likeness (QED) is 0.770. The lowest BCUT2D eigenvalue weighted by Gasteiger charge is -2.17. The maximum atomic E-state index is 12.4. The third kappa shape index (κ3) is 4.83. The second-order valence-electron chi connectivity index (χ2n) is 5.31. The van der Waals surface area contributed by atoms with E-state index in [0.717, 1.165) is 6.42 Å². The first-order chi connectivity index (χ1) is 11.5. The second kappa shape index (κ2) is 8.49. The highest BCUT2D eigenvalue weighted by Gasteiger charge is 2.14. The molecule has 1 heterocycles. The Morgan fingerprint density at radius 2 is 2.12 bits per heavy atom. The topological polar surface area (TPSA) is 64.4 Å². The molecular formula is C17H20ClN3O3. The van der Waals surface area contributed by atoms with Crippen molar-refractivity contribution in [2.24, 2.45) is 0 Å². The van der Waals surface area contributed by atoms with Gasteiger partial charge in [-0.25, -0.2) is 4.68 Å². The van der Waals surface area contributed by atoms with Crippen molar-refractivity contribution in [2.45, 2.75) is 19.9 Å². The van der Waals surface area contributed by atoms with Crippen LogP contribution in [0.25, 0.3) is 0 Å². The van der Waals surface area contributed by atoms with E-state index in [0.29, 0.717) is 30.5 Å². The van der Waals surface area contributed by atoms with E-state index in [1.807, 2.05) is 6.92 Å². The Bertz CT molecular complexity index is 761. The lowest BCUT2D eigenvalue weighted by molar-refractivity contribution is 0.0765. The molecule has 128 valence electrons. The predicted molar refractivity (Wildman–Crippen MR) is 92.7 cm³/mol. The number of amides is 1. The van der Waals surface area contributed by atoms with E-state index in [1.165, 1.54) is 21.7 Å². The summed E-state index contributed by atoms with van der Waals surface area (Å²) < 4.78 is 6.88. The molecule has 1 amide bonds. The van der Waals surface area contributed by atoms with Crippen molar-refractivity contribution in [3.8, 4) is 5.75 Å². The molecule has 0 radical (unpaired) electrons. The number of benzene rings is 1. The Balaban J connectivity index is 1.94. The molecule has 0 saturated carbocycles. The van der Waals surface area contributed by atoms with Crippen LogP contribution in [-0.4, -0.2) is 40.8 Å². The van der Waals surface area contributed by atoms with Crippen molar-refractivity contribution < 1.29 is 9.53 Å². The summed E-state index contributed by atoms with van der Waals surface area (Å²) in [5.74, 6) is 0.396. The monoisotopic (exact) mass is 349 g/mol. The fourth-order valence-electron chi connectivity index (χ4n) is 2.09. The van der Waals surface area contributed by atoms with Crippen molar-refractivity contribution in [2.75, 3.05) is 20.2 Å². The smallest absolute Gasteiger partial charge is 0.274 e. The van der Waals surface area contributed by atoms with Crippen LogP contribution >= 0.6 is 11.6 Å². The number of halogens is 1. The predicted octanol–water partition coefficient (Wildman–Crippen LogP) is 2.46. The normalized spacial score (nSPS) is 10.5. The zero-order chi connectivity index (χ0) is 17.5. The number of carbonyl (C=O) groups is 1. The molecule has 0 unspecified atom stereocenters. The molecule has 24 heavy (non-hydrogen) atoms. The van der Waals surface area contributed by atoms with Gasteiger partial charge < -0.3 is 9.64 Å². The van der Waals surface area contributed by atoms with Crippen LogP contribution in [0.2, 0.25) is 5.02 Å². The van der Waals surface area contributed by atoms with Crippen LogP contribution < -0.4 is 10.3 Å². The van der Waals surface area contributed by atoms with Gasteiger partial charge in [-0.05, 0) is 30.7 Å². The molecule has 0 saturated heterocycles. The Labute approximate surface area is 145 Å². The van der Waals surface area contributed by atoms with Gasteiger partial charge in [-0.1, -0.05) is 24.6 Å². The number of nitrogens with zero attached hydrogens (tertiary/aromatic N) is 3. The molecule has 0 aliphatic rings. The first-order valence-corrected chi connectivity index (χ1v) is 8.11. The number of hydrogen-bond acceptors (Lipinski definition) is 4. The van der Waals surface area contributed by atoms with Crippen LogP contribution in [0.1, 0.15) is 23.8 Å². The molecule has 0 aliphatic heterocycles. The third-order valence-corrected chi connectivity index (χ3v) is 3.59. The zero-order valence-corrected chi connectivity index (χ0v) is 14.5. The summed E-state index contributed by atoms with van der Waals surface area (Å²) in [4.78, 5) is 25.5. The molecular weight excluding hydrogens is 330 g/mol. The van der Waals surface area contributed by atoms with Gasteiger partial charge in [-0.3, -0.25) is 9.59 Å². The Morgan fingerprint density at radius 3 is 2.83 bits per heavy atom. The average molecular weight is 350 g/mol. The van der Waals surface area contributed by atoms with E-state index in [1.54, 1.807) is 31.3 Å². The van der Waals surface area contributed by atoms with Gasteiger partial charge in [0.2, 0.25) is 0 Å². The number of hydrogen-bond donors (Lipinski definition) is 0. The summed E-state index contributed by atoms with van der Waals surface area (Å²) in [6.45, 7) is 3.15. The van der Waals surface area contributed by atoms with Gasteiger partial charge in [-0.15, -0.1) is 0 Å². The number of ether oxygens (including phenoxy) is 1. The Morgan fingerprint density at radius 1 is 1.33 bits per heavy atom. The van der Waals surface area contributed by atoms with Crippen molar-refractivity contribution >= 4 is 17.5 Å². The minimum Gasteiger partial charge on any atom is -0.492 e. The molecule has 7 heteroatoms. The van der Waals surface area contributed by atoms with E-state index in [2.05, 4.69) is 5.10 Å². The minimum atomic E-state index is -0.255. The van der Waals surface area contributed by atoms with E-state index in [9.17, 15) is 9.59 Å². The van der Waals surface area contributed by atoms with E-state index in [-0.39, 0.29) is 17.2 Å². The number of likely N-dealkylation sites (N-methyl/N-ethyl adjacent to an activating group) is 1. The zero-order valence-electron chi connectivity index (χ0n) is 13.7.